The van der Waals surface area contributed by atoms with E-state index >= 15 is 0 Å². The molecule has 1 fully saturated rings. The highest BCUT2D eigenvalue weighted by Gasteiger charge is 2.16. The number of carbonyl (C=O) groups is 2. The molecule has 0 atom stereocenters. The lowest BCUT2D eigenvalue weighted by molar-refractivity contribution is 0.0527. The fourth-order valence-electron chi connectivity index (χ4n) is 3.46. The number of anilines is 2. The second kappa shape index (κ2) is 9.88. The number of rotatable bonds is 6. The van der Waals surface area contributed by atoms with Gasteiger partial charge in [0.15, 0.2) is 0 Å². The molecule has 0 saturated heterocycles. The molecule has 6 heteroatoms. The van der Waals surface area contributed by atoms with Gasteiger partial charge < -0.3 is 15.4 Å². The first-order valence-electron chi connectivity index (χ1n) is 9.97. The minimum atomic E-state index is -0.455. The van der Waals surface area contributed by atoms with Crippen LogP contribution >= 0.6 is 0 Å². The predicted octanol–water partition coefficient (Wildman–Crippen LogP) is 4.65. The fourth-order valence-corrected chi connectivity index (χ4v) is 3.46. The van der Waals surface area contributed by atoms with E-state index < -0.39 is 5.97 Å². The molecule has 1 aromatic carbocycles. The van der Waals surface area contributed by atoms with E-state index in [2.05, 4.69) is 15.6 Å². The lowest BCUT2D eigenvalue weighted by Gasteiger charge is -2.17. The molecule has 1 aliphatic rings. The van der Waals surface area contributed by atoms with Crippen LogP contribution in [0.3, 0.4) is 0 Å². The predicted molar refractivity (Wildman–Crippen MR) is 110 cm³/mol. The largest absolute Gasteiger partial charge is 0.462 e. The number of nitrogens with zero attached hydrogens (tertiary/aromatic N) is 1. The summed E-state index contributed by atoms with van der Waals surface area (Å²) in [7, 11) is 0. The molecule has 28 heavy (non-hydrogen) atoms. The van der Waals surface area contributed by atoms with E-state index in [0.29, 0.717) is 28.7 Å². The van der Waals surface area contributed by atoms with Crippen LogP contribution in [0, 0.1) is 0 Å². The fraction of sp³-hybridized carbons (Fsp3) is 0.409. The normalized spacial score (nSPS) is 14.8. The van der Waals surface area contributed by atoms with Crippen molar-refractivity contribution in [1.29, 1.82) is 0 Å². The Morgan fingerprint density at radius 1 is 1.11 bits per heavy atom. The van der Waals surface area contributed by atoms with Crippen molar-refractivity contribution < 1.29 is 14.3 Å². The number of hydrogen-bond donors (Lipinski definition) is 2. The number of ether oxygens (including phenoxy) is 1. The van der Waals surface area contributed by atoms with Crippen LogP contribution in [-0.2, 0) is 4.74 Å². The average molecular weight is 381 g/mol. The summed E-state index contributed by atoms with van der Waals surface area (Å²) in [6, 6.07) is 10.7. The minimum absolute atomic E-state index is 0.279. The van der Waals surface area contributed by atoms with E-state index in [9.17, 15) is 9.59 Å². The number of pyridine rings is 1. The van der Waals surface area contributed by atoms with Crippen molar-refractivity contribution in [1.82, 2.24) is 4.98 Å². The highest BCUT2D eigenvalue weighted by molar-refractivity contribution is 6.08. The molecular formula is C22H27N3O3. The maximum absolute atomic E-state index is 12.7. The van der Waals surface area contributed by atoms with E-state index in [1.54, 1.807) is 49.5 Å². The second-order valence-corrected chi connectivity index (χ2v) is 6.98. The van der Waals surface area contributed by atoms with E-state index in [1.165, 1.54) is 25.7 Å². The van der Waals surface area contributed by atoms with Crippen LogP contribution in [0.4, 0.5) is 11.5 Å². The number of esters is 1. The third-order valence-electron chi connectivity index (χ3n) is 4.90. The van der Waals surface area contributed by atoms with Gasteiger partial charge in [0, 0.05) is 17.8 Å². The Kier molecular flexibility index (Phi) is 7.00. The Hall–Kier alpha value is -2.89. The number of nitrogens with one attached hydrogen (secondary N) is 2. The quantitative estimate of drug-likeness (QED) is 0.562. The molecule has 0 bridgehead atoms. The topological polar surface area (TPSA) is 80.3 Å². The zero-order valence-electron chi connectivity index (χ0n) is 16.2. The first-order valence-corrected chi connectivity index (χ1v) is 9.97. The maximum Gasteiger partial charge on any atom is 0.340 e. The van der Waals surface area contributed by atoms with E-state index in [4.69, 9.17) is 4.74 Å². The van der Waals surface area contributed by atoms with Crippen LogP contribution in [-0.4, -0.2) is 29.5 Å². The first kappa shape index (κ1) is 19.9. The Balaban J connectivity index is 1.71. The molecular weight excluding hydrogens is 354 g/mol. The second-order valence-electron chi connectivity index (χ2n) is 6.98. The Labute approximate surface area is 165 Å². The Bertz CT molecular complexity index is 814. The van der Waals surface area contributed by atoms with Crippen LogP contribution in [0.1, 0.15) is 66.2 Å². The van der Waals surface area contributed by atoms with Crippen LogP contribution < -0.4 is 10.6 Å². The van der Waals surface area contributed by atoms with Crippen molar-refractivity contribution in [2.24, 2.45) is 0 Å². The molecule has 1 aliphatic carbocycles. The van der Waals surface area contributed by atoms with Gasteiger partial charge in [-0.1, -0.05) is 37.8 Å². The van der Waals surface area contributed by atoms with Gasteiger partial charge in [0.05, 0.1) is 17.9 Å². The summed E-state index contributed by atoms with van der Waals surface area (Å²) in [4.78, 5) is 29.2. The van der Waals surface area contributed by atoms with Crippen molar-refractivity contribution >= 4 is 23.4 Å². The van der Waals surface area contributed by atoms with Gasteiger partial charge in [-0.25, -0.2) is 9.78 Å². The van der Waals surface area contributed by atoms with Crippen LogP contribution in [0.5, 0.6) is 0 Å². The zero-order chi connectivity index (χ0) is 19.8. The smallest absolute Gasteiger partial charge is 0.340 e. The van der Waals surface area contributed by atoms with Crippen LogP contribution in [0.2, 0.25) is 0 Å². The summed E-state index contributed by atoms with van der Waals surface area (Å²) in [6.45, 7) is 2.03. The summed E-state index contributed by atoms with van der Waals surface area (Å²) in [5.74, 6) is -0.0369. The SMILES string of the molecule is CCOC(=O)c1ccccc1NC(=O)c1ccnc(NC2CCCCCC2)c1. The molecule has 1 heterocycles. The maximum atomic E-state index is 12.7. The summed E-state index contributed by atoms with van der Waals surface area (Å²) < 4.78 is 5.06. The van der Waals surface area contributed by atoms with Gasteiger partial charge in [-0.15, -0.1) is 0 Å². The lowest BCUT2D eigenvalue weighted by Crippen LogP contribution is -2.20. The highest BCUT2D eigenvalue weighted by atomic mass is 16.5. The van der Waals surface area contributed by atoms with Crippen LogP contribution in [0.25, 0.3) is 0 Å². The van der Waals surface area contributed by atoms with E-state index in [1.807, 2.05) is 0 Å². The lowest BCUT2D eigenvalue weighted by atomic mass is 10.1. The van der Waals surface area contributed by atoms with Crippen molar-refractivity contribution in [3.8, 4) is 0 Å². The number of hydrogen-bond acceptors (Lipinski definition) is 5. The molecule has 2 N–H and O–H groups in total. The summed E-state index contributed by atoms with van der Waals surface area (Å²) in [6.07, 6.45) is 8.91. The van der Waals surface area contributed by atoms with Gasteiger partial charge >= 0.3 is 5.97 Å². The van der Waals surface area contributed by atoms with Gasteiger partial charge in [-0.3, -0.25) is 4.79 Å². The molecule has 0 radical (unpaired) electrons. The summed E-state index contributed by atoms with van der Waals surface area (Å²) in [5, 5.41) is 6.27. The molecule has 1 aromatic heterocycles. The van der Waals surface area contributed by atoms with Gasteiger partial charge in [-0.05, 0) is 44.0 Å². The van der Waals surface area contributed by atoms with Gasteiger partial charge in [-0.2, -0.15) is 0 Å². The molecule has 2 aromatic rings. The monoisotopic (exact) mass is 381 g/mol. The molecule has 1 amide bonds. The van der Waals surface area contributed by atoms with Crippen molar-refractivity contribution in [2.45, 2.75) is 51.5 Å². The molecule has 1 saturated carbocycles. The van der Waals surface area contributed by atoms with Gasteiger partial charge in [0.2, 0.25) is 0 Å². The first-order chi connectivity index (χ1) is 13.7. The molecule has 0 aliphatic heterocycles. The van der Waals surface area contributed by atoms with E-state index in [0.717, 1.165) is 12.8 Å². The molecule has 0 unspecified atom stereocenters. The van der Waals surface area contributed by atoms with Gasteiger partial charge in [0.25, 0.3) is 5.91 Å². The Morgan fingerprint density at radius 2 is 1.86 bits per heavy atom. The molecule has 0 spiro atoms. The Morgan fingerprint density at radius 3 is 2.61 bits per heavy atom. The number of aromatic nitrogens is 1. The molecule has 6 nitrogen and oxygen atoms in total. The third-order valence-corrected chi connectivity index (χ3v) is 4.90. The zero-order valence-corrected chi connectivity index (χ0v) is 16.2. The van der Waals surface area contributed by atoms with Crippen LogP contribution in [0.15, 0.2) is 42.6 Å². The molecule has 3 rings (SSSR count). The number of benzene rings is 1. The van der Waals surface area contributed by atoms with Crippen molar-refractivity contribution in [2.75, 3.05) is 17.2 Å². The number of amides is 1. The minimum Gasteiger partial charge on any atom is -0.462 e. The van der Waals surface area contributed by atoms with Crippen molar-refractivity contribution in [3.05, 3.63) is 53.7 Å². The van der Waals surface area contributed by atoms with E-state index in [-0.39, 0.29) is 12.5 Å². The summed E-state index contributed by atoms with van der Waals surface area (Å²) >= 11 is 0. The standard InChI is InChI=1S/C22H27N3O3/c1-2-28-22(27)18-11-7-8-12-19(18)25-21(26)16-13-14-23-20(15-16)24-17-9-5-3-4-6-10-17/h7-8,11-15,17H,2-6,9-10H2,1H3,(H,23,24)(H,25,26). The van der Waals surface area contributed by atoms with Crippen molar-refractivity contribution in [3.63, 3.8) is 0 Å². The summed E-state index contributed by atoms with van der Waals surface area (Å²) in [5.41, 5.74) is 1.26. The average Bonchev–Trinajstić information content (AvgIpc) is 2.97. The highest BCUT2D eigenvalue weighted by Crippen LogP contribution is 2.21. The third kappa shape index (κ3) is 5.31. The number of para-hydroxylation sites is 1. The molecule has 148 valence electrons. The van der Waals surface area contributed by atoms with Gasteiger partial charge in [0.1, 0.15) is 5.82 Å². The number of carbonyl (C=O) groups excluding carboxylic acids is 2.